The molecule has 1 heterocycles. The first-order valence-electron chi connectivity index (χ1n) is 8.61. The van der Waals surface area contributed by atoms with Gasteiger partial charge >= 0.3 is 0 Å². The van der Waals surface area contributed by atoms with E-state index in [9.17, 15) is 9.59 Å². The SMILES string of the molecule is CCN(CC)C(=O)Cc1ccc(NC(=O)CCCn2cncn2)cc1. The zero-order chi connectivity index (χ0) is 18.1. The van der Waals surface area contributed by atoms with Crippen molar-refractivity contribution in [2.45, 2.75) is 39.7 Å². The molecule has 25 heavy (non-hydrogen) atoms. The van der Waals surface area contributed by atoms with Crippen LogP contribution in [0, 0.1) is 0 Å². The summed E-state index contributed by atoms with van der Waals surface area (Å²) in [6.07, 6.45) is 4.62. The molecule has 1 aromatic carbocycles. The number of carbonyl (C=O) groups is 2. The Morgan fingerprint density at radius 2 is 1.88 bits per heavy atom. The van der Waals surface area contributed by atoms with Gasteiger partial charge < -0.3 is 10.2 Å². The van der Waals surface area contributed by atoms with Gasteiger partial charge in [-0.1, -0.05) is 12.1 Å². The van der Waals surface area contributed by atoms with E-state index in [1.165, 1.54) is 6.33 Å². The maximum Gasteiger partial charge on any atom is 0.226 e. The molecule has 0 atom stereocenters. The molecule has 0 unspecified atom stereocenters. The highest BCUT2D eigenvalue weighted by molar-refractivity contribution is 5.90. The van der Waals surface area contributed by atoms with Crippen LogP contribution >= 0.6 is 0 Å². The summed E-state index contributed by atoms with van der Waals surface area (Å²) in [4.78, 5) is 29.7. The molecular weight excluding hydrogens is 318 g/mol. The van der Waals surface area contributed by atoms with Crippen LogP contribution in [0.5, 0.6) is 0 Å². The first kappa shape index (κ1) is 18.6. The number of carbonyl (C=O) groups excluding carboxylic acids is 2. The molecule has 2 amide bonds. The summed E-state index contributed by atoms with van der Waals surface area (Å²) < 4.78 is 1.70. The number of rotatable bonds is 9. The second-order valence-corrected chi connectivity index (χ2v) is 5.75. The zero-order valence-corrected chi connectivity index (χ0v) is 14.8. The molecule has 7 heteroatoms. The van der Waals surface area contributed by atoms with Crippen molar-refractivity contribution < 1.29 is 9.59 Å². The van der Waals surface area contributed by atoms with E-state index in [1.54, 1.807) is 11.0 Å². The molecule has 2 aromatic rings. The third kappa shape index (κ3) is 6.02. The van der Waals surface area contributed by atoms with Crippen molar-refractivity contribution >= 4 is 17.5 Å². The summed E-state index contributed by atoms with van der Waals surface area (Å²) >= 11 is 0. The minimum atomic E-state index is -0.0351. The summed E-state index contributed by atoms with van der Waals surface area (Å²) in [5, 5.41) is 6.87. The van der Waals surface area contributed by atoms with Gasteiger partial charge in [-0.3, -0.25) is 14.3 Å². The van der Waals surface area contributed by atoms with Crippen molar-refractivity contribution in [3.63, 3.8) is 0 Å². The molecule has 0 aliphatic rings. The Labute approximate surface area is 148 Å². The lowest BCUT2D eigenvalue weighted by molar-refractivity contribution is -0.130. The van der Waals surface area contributed by atoms with Crippen molar-refractivity contribution in [2.75, 3.05) is 18.4 Å². The van der Waals surface area contributed by atoms with Crippen molar-refractivity contribution in [2.24, 2.45) is 0 Å². The third-order valence-corrected chi connectivity index (χ3v) is 3.97. The van der Waals surface area contributed by atoms with E-state index < -0.39 is 0 Å². The number of benzene rings is 1. The molecule has 0 aliphatic carbocycles. The zero-order valence-electron chi connectivity index (χ0n) is 14.8. The number of anilines is 1. The number of nitrogens with one attached hydrogen (secondary N) is 1. The van der Waals surface area contributed by atoms with Crippen molar-refractivity contribution in [3.05, 3.63) is 42.5 Å². The lowest BCUT2D eigenvalue weighted by Gasteiger charge is -2.18. The Hall–Kier alpha value is -2.70. The molecule has 0 spiro atoms. The van der Waals surface area contributed by atoms with Crippen LogP contribution in [0.2, 0.25) is 0 Å². The molecule has 0 saturated carbocycles. The Morgan fingerprint density at radius 1 is 1.16 bits per heavy atom. The Balaban J connectivity index is 1.77. The molecule has 2 rings (SSSR count). The highest BCUT2D eigenvalue weighted by Crippen LogP contribution is 2.12. The number of aryl methyl sites for hydroxylation is 1. The molecule has 0 saturated heterocycles. The normalized spacial score (nSPS) is 10.5. The van der Waals surface area contributed by atoms with E-state index in [4.69, 9.17) is 0 Å². The molecule has 1 N–H and O–H groups in total. The summed E-state index contributed by atoms with van der Waals surface area (Å²) in [6, 6.07) is 7.43. The molecular formula is C18H25N5O2. The summed E-state index contributed by atoms with van der Waals surface area (Å²) in [5.41, 5.74) is 1.69. The van der Waals surface area contributed by atoms with E-state index in [2.05, 4.69) is 15.4 Å². The van der Waals surface area contributed by atoms with Crippen LogP contribution in [-0.4, -0.2) is 44.6 Å². The number of likely N-dealkylation sites (N-methyl/N-ethyl adjacent to an activating group) is 1. The van der Waals surface area contributed by atoms with Crippen LogP contribution < -0.4 is 5.32 Å². The van der Waals surface area contributed by atoms with Gasteiger partial charge in [0.1, 0.15) is 12.7 Å². The van der Waals surface area contributed by atoms with Gasteiger partial charge in [0.05, 0.1) is 6.42 Å². The highest BCUT2D eigenvalue weighted by Gasteiger charge is 2.10. The van der Waals surface area contributed by atoms with Gasteiger partial charge in [0, 0.05) is 31.7 Å². The quantitative estimate of drug-likeness (QED) is 0.756. The molecule has 0 fully saturated rings. The van der Waals surface area contributed by atoms with Crippen LogP contribution in [0.4, 0.5) is 5.69 Å². The van der Waals surface area contributed by atoms with E-state index in [0.717, 1.165) is 24.3 Å². The lowest BCUT2D eigenvalue weighted by atomic mass is 10.1. The number of nitrogens with zero attached hydrogens (tertiary/aromatic N) is 4. The maximum absolute atomic E-state index is 12.1. The maximum atomic E-state index is 12.1. The fourth-order valence-corrected chi connectivity index (χ4v) is 2.54. The largest absolute Gasteiger partial charge is 0.343 e. The number of aromatic nitrogens is 3. The van der Waals surface area contributed by atoms with Crippen LogP contribution in [-0.2, 0) is 22.6 Å². The monoisotopic (exact) mass is 343 g/mol. The van der Waals surface area contributed by atoms with Crippen LogP contribution in [0.15, 0.2) is 36.9 Å². The fraction of sp³-hybridized carbons (Fsp3) is 0.444. The van der Waals surface area contributed by atoms with Crippen molar-refractivity contribution in [3.8, 4) is 0 Å². The third-order valence-electron chi connectivity index (χ3n) is 3.97. The van der Waals surface area contributed by atoms with E-state index >= 15 is 0 Å². The van der Waals surface area contributed by atoms with E-state index in [-0.39, 0.29) is 11.8 Å². The number of amides is 2. The first-order chi connectivity index (χ1) is 12.1. The predicted octanol–water partition coefficient (Wildman–Crippen LogP) is 2.11. The lowest BCUT2D eigenvalue weighted by Crippen LogP contribution is -2.31. The minimum absolute atomic E-state index is 0.0351. The van der Waals surface area contributed by atoms with Crippen LogP contribution in [0.25, 0.3) is 0 Å². The summed E-state index contributed by atoms with van der Waals surface area (Å²) in [6.45, 7) is 6.06. The van der Waals surface area contributed by atoms with Gasteiger partial charge in [-0.25, -0.2) is 4.98 Å². The van der Waals surface area contributed by atoms with E-state index in [1.807, 2.05) is 43.0 Å². The second kappa shape index (κ2) is 9.56. The van der Waals surface area contributed by atoms with Crippen LogP contribution in [0.1, 0.15) is 32.3 Å². The standard InChI is InChI=1S/C18H25N5O2/c1-3-22(4-2)18(25)12-15-7-9-16(10-8-15)21-17(24)6-5-11-23-14-19-13-20-23/h7-10,13-14H,3-6,11-12H2,1-2H3,(H,21,24). The van der Waals surface area contributed by atoms with Gasteiger partial charge in [0.25, 0.3) is 0 Å². The number of hydrogen-bond donors (Lipinski definition) is 1. The summed E-state index contributed by atoms with van der Waals surface area (Å²) in [5.74, 6) is 0.0852. The van der Waals surface area contributed by atoms with Gasteiger partial charge in [0.15, 0.2) is 0 Å². The number of hydrogen-bond acceptors (Lipinski definition) is 4. The van der Waals surface area contributed by atoms with E-state index in [0.29, 0.717) is 25.8 Å². The topological polar surface area (TPSA) is 80.1 Å². The fourth-order valence-electron chi connectivity index (χ4n) is 2.54. The minimum Gasteiger partial charge on any atom is -0.343 e. The second-order valence-electron chi connectivity index (χ2n) is 5.75. The average Bonchev–Trinajstić information content (AvgIpc) is 3.11. The van der Waals surface area contributed by atoms with Gasteiger partial charge in [-0.15, -0.1) is 0 Å². The highest BCUT2D eigenvalue weighted by atomic mass is 16.2. The average molecular weight is 343 g/mol. The van der Waals surface area contributed by atoms with Gasteiger partial charge in [0.2, 0.25) is 11.8 Å². The van der Waals surface area contributed by atoms with Gasteiger partial charge in [-0.05, 0) is 38.0 Å². The van der Waals surface area contributed by atoms with Gasteiger partial charge in [-0.2, -0.15) is 5.10 Å². The molecule has 134 valence electrons. The molecule has 0 bridgehead atoms. The smallest absolute Gasteiger partial charge is 0.226 e. The van der Waals surface area contributed by atoms with Crippen molar-refractivity contribution in [1.82, 2.24) is 19.7 Å². The Morgan fingerprint density at radius 3 is 2.48 bits per heavy atom. The Bertz CT molecular complexity index is 663. The molecule has 0 radical (unpaired) electrons. The molecule has 1 aromatic heterocycles. The predicted molar refractivity (Wildman–Crippen MR) is 96.0 cm³/mol. The Kier molecular flexibility index (Phi) is 7.13. The van der Waals surface area contributed by atoms with Crippen molar-refractivity contribution in [1.29, 1.82) is 0 Å². The van der Waals surface area contributed by atoms with Crippen LogP contribution in [0.3, 0.4) is 0 Å². The molecule has 7 nitrogen and oxygen atoms in total. The summed E-state index contributed by atoms with van der Waals surface area (Å²) in [7, 11) is 0. The first-order valence-corrected chi connectivity index (χ1v) is 8.61. The molecule has 0 aliphatic heterocycles.